The fraction of sp³-hybridized carbons (Fsp3) is 0.0667. The van der Waals surface area contributed by atoms with Gasteiger partial charge in [0.1, 0.15) is 0 Å². The second-order valence-electron chi connectivity index (χ2n) is 4.14. The fourth-order valence-electron chi connectivity index (χ4n) is 1.65. The normalized spacial score (nSPS) is 9.74. The lowest BCUT2D eigenvalue weighted by atomic mass is 10.2. The molecule has 0 aliphatic rings. The van der Waals surface area contributed by atoms with Crippen molar-refractivity contribution in [1.82, 2.24) is 5.32 Å². The molecule has 0 spiro atoms. The van der Waals surface area contributed by atoms with Crippen molar-refractivity contribution in [3.05, 3.63) is 65.7 Å². The first kappa shape index (κ1) is 12.8. The summed E-state index contributed by atoms with van der Waals surface area (Å²) in [6.07, 6.45) is 0. The lowest BCUT2D eigenvalue weighted by Crippen LogP contribution is -2.34. The molecule has 2 rings (SSSR count). The summed E-state index contributed by atoms with van der Waals surface area (Å²) in [6, 6.07) is 15.4. The van der Waals surface area contributed by atoms with Gasteiger partial charge in [-0.3, -0.25) is 10.1 Å². The predicted molar refractivity (Wildman–Crippen MR) is 74.1 cm³/mol. The number of rotatable bonds is 2. The topological polar surface area (TPSA) is 58.2 Å². The van der Waals surface area contributed by atoms with Gasteiger partial charge in [0.05, 0.1) is 0 Å². The van der Waals surface area contributed by atoms with Crippen molar-refractivity contribution in [1.29, 1.82) is 0 Å². The van der Waals surface area contributed by atoms with Crippen LogP contribution < -0.4 is 10.6 Å². The Morgan fingerprint density at radius 3 is 2.37 bits per heavy atom. The van der Waals surface area contributed by atoms with Crippen molar-refractivity contribution in [2.24, 2.45) is 0 Å². The monoisotopic (exact) mass is 254 g/mol. The van der Waals surface area contributed by atoms with E-state index in [9.17, 15) is 9.59 Å². The number of imide groups is 1. The van der Waals surface area contributed by atoms with E-state index < -0.39 is 11.9 Å². The molecule has 0 unspecified atom stereocenters. The summed E-state index contributed by atoms with van der Waals surface area (Å²) >= 11 is 0. The smallest absolute Gasteiger partial charge is 0.308 e. The van der Waals surface area contributed by atoms with Crippen LogP contribution in [0.25, 0.3) is 0 Å². The molecular formula is C15H14N2O2. The zero-order valence-electron chi connectivity index (χ0n) is 10.5. The van der Waals surface area contributed by atoms with Gasteiger partial charge < -0.3 is 5.32 Å². The number of hydrogen-bond acceptors (Lipinski definition) is 2. The molecule has 0 fully saturated rings. The third kappa shape index (κ3) is 3.67. The van der Waals surface area contributed by atoms with Crippen molar-refractivity contribution >= 4 is 17.6 Å². The summed E-state index contributed by atoms with van der Waals surface area (Å²) in [7, 11) is 0. The number of hydrogen-bond donors (Lipinski definition) is 2. The molecule has 2 aromatic rings. The van der Waals surface area contributed by atoms with Crippen LogP contribution in [0.1, 0.15) is 15.9 Å². The molecule has 2 aromatic carbocycles. The maximum absolute atomic E-state index is 11.7. The Hall–Kier alpha value is -2.62. The summed E-state index contributed by atoms with van der Waals surface area (Å²) in [4.78, 5) is 23.4. The van der Waals surface area contributed by atoms with E-state index in [1.807, 2.05) is 31.2 Å². The summed E-state index contributed by atoms with van der Waals surface area (Å²) < 4.78 is 0. The third-order valence-electron chi connectivity index (χ3n) is 2.54. The van der Waals surface area contributed by atoms with Crippen LogP contribution in [0.2, 0.25) is 0 Å². The van der Waals surface area contributed by atoms with Gasteiger partial charge in [-0.05, 0) is 36.8 Å². The lowest BCUT2D eigenvalue weighted by molar-refractivity contribution is 0.0967. The van der Waals surface area contributed by atoms with Crippen LogP contribution in [0, 0.1) is 6.92 Å². The van der Waals surface area contributed by atoms with Gasteiger partial charge >= 0.3 is 6.03 Å². The molecule has 0 bridgehead atoms. The average molecular weight is 254 g/mol. The lowest BCUT2D eigenvalue weighted by Gasteiger charge is -2.07. The maximum atomic E-state index is 11.7. The molecular weight excluding hydrogens is 240 g/mol. The van der Waals surface area contributed by atoms with Crippen molar-refractivity contribution < 1.29 is 9.59 Å². The highest BCUT2D eigenvalue weighted by molar-refractivity contribution is 6.07. The number of carbonyl (C=O) groups excluding carboxylic acids is 2. The highest BCUT2D eigenvalue weighted by Crippen LogP contribution is 2.09. The van der Waals surface area contributed by atoms with E-state index in [0.29, 0.717) is 11.3 Å². The summed E-state index contributed by atoms with van der Waals surface area (Å²) in [5.74, 6) is -0.425. The fourth-order valence-corrected chi connectivity index (χ4v) is 1.65. The Labute approximate surface area is 111 Å². The van der Waals surface area contributed by atoms with E-state index in [1.165, 1.54) is 0 Å². The quantitative estimate of drug-likeness (QED) is 0.865. The average Bonchev–Trinajstić information content (AvgIpc) is 2.39. The van der Waals surface area contributed by atoms with Crippen LogP contribution in [-0.2, 0) is 0 Å². The number of benzene rings is 2. The van der Waals surface area contributed by atoms with E-state index in [4.69, 9.17) is 0 Å². The SMILES string of the molecule is Cc1cccc(NC(=O)NC(=O)c2ccccc2)c1. The van der Waals surface area contributed by atoms with E-state index >= 15 is 0 Å². The zero-order valence-corrected chi connectivity index (χ0v) is 10.5. The van der Waals surface area contributed by atoms with Gasteiger partial charge in [-0.2, -0.15) is 0 Å². The second kappa shape index (κ2) is 5.82. The molecule has 4 nitrogen and oxygen atoms in total. The van der Waals surface area contributed by atoms with Crippen molar-refractivity contribution in [3.63, 3.8) is 0 Å². The van der Waals surface area contributed by atoms with Gasteiger partial charge in [0, 0.05) is 11.3 Å². The van der Waals surface area contributed by atoms with Gasteiger partial charge in [-0.25, -0.2) is 4.79 Å². The molecule has 0 aliphatic heterocycles. The number of anilines is 1. The van der Waals surface area contributed by atoms with Crippen LogP contribution >= 0.6 is 0 Å². The first-order valence-electron chi connectivity index (χ1n) is 5.89. The predicted octanol–water partition coefficient (Wildman–Crippen LogP) is 2.96. The molecule has 19 heavy (non-hydrogen) atoms. The molecule has 96 valence electrons. The van der Waals surface area contributed by atoms with Crippen LogP contribution in [0.15, 0.2) is 54.6 Å². The molecule has 0 aromatic heterocycles. The van der Waals surface area contributed by atoms with Gasteiger partial charge in [-0.1, -0.05) is 30.3 Å². The number of amides is 3. The molecule has 0 aliphatic carbocycles. The molecule has 0 radical (unpaired) electrons. The van der Waals surface area contributed by atoms with Gasteiger partial charge in [-0.15, -0.1) is 0 Å². The van der Waals surface area contributed by atoms with E-state index in [0.717, 1.165) is 5.56 Å². The maximum Gasteiger partial charge on any atom is 0.326 e. The molecule has 3 amide bonds. The Balaban J connectivity index is 1.97. The van der Waals surface area contributed by atoms with E-state index in [2.05, 4.69) is 10.6 Å². The Kier molecular flexibility index (Phi) is 3.93. The van der Waals surface area contributed by atoms with Crippen LogP contribution in [0.4, 0.5) is 10.5 Å². The first-order chi connectivity index (χ1) is 9.15. The number of carbonyl (C=O) groups is 2. The second-order valence-corrected chi connectivity index (χ2v) is 4.14. The summed E-state index contributed by atoms with van der Waals surface area (Å²) in [5, 5.41) is 4.89. The standard InChI is InChI=1S/C15H14N2O2/c1-11-6-5-9-13(10-11)16-15(19)17-14(18)12-7-3-2-4-8-12/h2-10H,1H3,(H2,16,17,18,19). The van der Waals surface area contributed by atoms with Crippen LogP contribution in [0.5, 0.6) is 0 Å². The van der Waals surface area contributed by atoms with Crippen LogP contribution in [-0.4, -0.2) is 11.9 Å². The Bertz CT molecular complexity index is 594. The summed E-state index contributed by atoms with van der Waals surface area (Å²) in [6.45, 7) is 1.93. The third-order valence-corrected chi connectivity index (χ3v) is 2.54. The van der Waals surface area contributed by atoms with Crippen molar-refractivity contribution in [2.45, 2.75) is 6.92 Å². The number of nitrogens with one attached hydrogen (secondary N) is 2. The van der Waals surface area contributed by atoms with Gasteiger partial charge in [0.15, 0.2) is 0 Å². The van der Waals surface area contributed by atoms with Gasteiger partial charge in [0.2, 0.25) is 0 Å². The minimum Gasteiger partial charge on any atom is -0.308 e. The largest absolute Gasteiger partial charge is 0.326 e. The number of aryl methyl sites for hydroxylation is 1. The van der Waals surface area contributed by atoms with Crippen LogP contribution in [0.3, 0.4) is 0 Å². The number of urea groups is 1. The molecule has 0 atom stereocenters. The van der Waals surface area contributed by atoms with Gasteiger partial charge in [0.25, 0.3) is 5.91 Å². The molecule has 0 saturated heterocycles. The Morgan fingerprint density at radius 1 is 0.947 bits per heavy atom. The van der Waals surface area contributed by atoms with E-state index in [-0.39, 0.29) is 0 Å². The minimum absolute atomic E-state index is 0.425. The zero-order chi connectivity index (χ0) is 13.7. The van der Waals surface area contributed by atoms with Crippen molar-refractivity contribution in [2.75, 3.05) is 5.32 Å². The minimum atomic E-state index is -0.542. The van der Waals surface area contributed by atoms with Crippen molar-refractivity contribution in [3.8, 4) is 0 Å². The molecule has 0 heterocycles. The van der Waals surface area contributed by atoms with E-state index in [1.54, 1.807) is 30.3 Å². The first-order valence-corrected chi connectivity index (χ1v) is 5.89. The molecule has 0 saturated carbocycles. The Morgan fingerprint density at radius 2 is 1.68 bits per heavy atom. The highest BCUT2D eigenvalue weighted by Gasteiger charge is 2.09. The molecule has 2 N–H and O–H groups in total. The summed E-state index contributed by atoms with van der Waals surface area (Å²) in [5.41, 5.74) is 2.13. The highest BCUT2D eigenvalue weighted by atomic mass is 16.2. The molecule has 4 heteroatoms.